The van der Waals surface area contributed by atoms with Crippen LogP contribution < -0.4 is 19.4 Å². The number of benzene rings is 5. The summed E-state index contributed by atoms with van der Waals surface area (Å²) in [6.07, 6.45) is 6.79. The Bertz CT molecular complexity index is 2160. The highest BCUT2D eigenvalue weighted by Crippen LogP contribution is 2.60. The number of anilines is 3. The molecule has 0 aromatic heterocycles. The van der Waals surface area contributed by atoms with Crippen molar-refractivity contribution in [2.24, 2.45) is 0 Å². The third-order valence-corrected chi connectivity index (χ3v) is 13.1. The third kappa shape index (κ3) is 5.57. The number of rotatable bonds is 7. The summed E-state index contributed by atoms with van der Waals surface area (Å²) in [5, 5.41) is 2.43. The summed E-state index contributed by atoms with van der Waals surface area (Å²) in [6.45, 7) is 14.6. The molecule has 0 N–H and O–H groups in total. The van der Waals surface area contributed by atoms with Crippen LogP contribution in [0.1, 0.15) is 54.5 Å². The summed E-state index contributed by atoms with van der Waals surface area (Å²) in [5.74, 6) is 0.972. The van der Waals surface area contributed by atoms with E-state index in [-0.39, 0.29) is 5.41 Å². The molecule has 5 aliphatic rings. The number of fused-ring (bicyclic) bond motifs is 8. The Morgan fingerprint density at radius 3 is 1.62 bits per heavy atom. The lowest BCUT2D eigenvalue weighted by Crippen LogP contribution is -2.37. The van der Waals surface area contributed by atoms with E-state index in [0.29, 0.717) is 0 Å². The van der Waals surface area contributed by atoms with Gasteiger partial charge in [-0.15, -0.1) is 0 Å². The molecule has 5 aromatic rings. The van der Waals surface area contributed by atoms with E-state index in [1.807, 2.05) is 0 Å². The maximum Gasteiger partial charge on any atom is 0.178 e. The predicted octanol–water partition coefficient (Wildman–Crippen LogP) is 8.79. The molecule has 0 saturated carbocycles. The molecule has 0 unspecified atom stereocenters. The first-order valence-electron chi connectivity index (χ1n) is 20.4. The first-order chi connectivity index (χ1) is 27.1. The summed E-state index contributed by atoms with van der Waals surface area (Å²) in [7, 11) is 0. The molecule has 4 heterocycles. The molecule has 0 bridgehead atoms. The normalized spacial score (nSPS) is 19.9. The Morgan fingerprint density at radius 1 is 0.564 bits per heavy atom. The van der Waals surface area contributed by atoms with Gasteiger partial charge in [-0.25, -0.2) is 0 Å². The van der Waals surface area contributed by atoms with Crippen LogP contribution in [0.2, 0.25) is 0 Å². The standard InChI is InChI=1S/C48H51N3O4/c1-3-47(4-2)43-8-6-5-7-40(43)44-39-18-17-38(51-25-31-54-32-26-51)33-42(39)46-41(45(44)47)19-20-48(55-46,34-9-13-36(14-10-34)49-21-27-52-28-22-49)35-11-15-37(16-12-35)50-23-29-53-30-24-50/h5-20,33H,3-4,21-32H2,1-2H3. The quantitative estimate of drug-likeness (QED) is 0.166. The van der Waals surface area contributed by atoms with Crippen molar-refractivity contribution in [2.45, 2.75) is 37.7 Å². The van der Waals surface area contributed by atoms with Crippen LogP contribution in [0.15, 0.2) is 97.1 Å². The van der Waals surface area contributed by atoms with Crippen molar-refractivity contribution < 1.29 is 18.9 Å². The summed E-state index contributed by atoms with van der Waals surface area (Å²) >= 11 is 0. The molecular formula is C48H51N3O4. The molecule has 0 atom stereocenters. The SMILES string of the molecule is CCC1(CC)c2ccccc2-c2c1c1c(c3cc(N4CCOCC4)ccc23)OC(c2ccc(N3CCOCC3)cc2)(c2ccc(N3CCOCC3)cc2)C=C1. The molecule has 1 aliphatic carbocycles. The lowest BCUT2D eigenvalue weighted by atomic mass is 9.71. The van der Waals surface area contributed by atoms with Gasteiger partial charge in [0.05, 0.1) is 39.6 Å². The van der Waals surface area contributed by atoms with E-state index in [2.05, 4.69) is 132 Å². The molecule has 0 amide bonds. The molecule has 3 fully saturated rings. The zero-order valence-electron chi connectivity index (χ0n) is 32.2. The molecule has 5 aromatic carbocycles. The van der Waals surface area contributed by atoms with Gasteiger partial charge < -0.3 is 33.6 Å². The highest BCUT2D eigenvalue weighted by Gasteiger charge is 2.47. The Morgan fingerprint density at radius 2 is 1.07 bits per heavy atom. The van der Waals surface area contributed by atoms with Gasteiger partial charge in [0, 0.05) is 83.8 Å². The second-order valence-electron chi connectivity index (χ2n) is 15.6. The van der Waals surface area contributed by atoms with Gasteiger partial charge in [0.25, 0.3) is 0 Å². The van der Waals surface area contributed by atoms with Crippen LogP contribution in [0.25, 0.3) is 28.0 Å². The van der Waals surface area contributed by atoms with Crippen molar-refractivity contribution in [2.75, 3.05) is 93.6 Å². The van der Waals surface area contributed by atoms with Crippen LogP contribution in [0.3, 0.4) is 0 Å². The fourth-order valence-electron chi connectivity index (χ4n) is 10.1. The second kappa shape index (κ2) is 14.0. The van der Waals surface area contributed by atoms with Crippen molar-refractivity contribution in [3.05, 3.63) is 125 Å². The highest BCUT2D eigenvalue weighted by atomic mass is 16.5. The van der Waals surface area contributed by atoms with E-state index >= 15 is 0 Å². The van der Waals surface area contributed by atoms with Gasteiger partial charge in [0.1, 0.15) is 5.75 Å². The Balaban J connectivity index is 1.19. The number of hydrogen-bond acceptors (Lipinski definition) is 7. The third-order valence-electron chi connectivity index (χ3n) is 13.1. The van der Waals surface area contributed by atoms with Crippen LogP contribution in [0, 0.1) is 0 Å². The first-order valence-corrected chi connectivity index (χ1v) is 20.4. The number of nitrogens with zero attached hydrogens (tertiary/aromatic N) is 3. The van der Waals surface area contributed by atoms with Crippen LogP contribution in [0.5, 0.6) is 5.75 Å². The van der Waals surface area contributed by atoms with E-state index in [4.69, 9.17) is 18.9 Å². The van der Waals surface area contributed by atoms with Gasteiger partial charge >= 0.3 is 0 Å². The van der Waals surface area contributed by atoms with Gasteiger partial charge in [-0.1, -0.05) is 74.5 Å². The molecular weight excluding hydrogens is 683 g/mol. The van der Waals surface area contributed by atoms with Gasteiger partial charge in [-0.3, -0.25) is 0 Å². The minimum absolute atomic E-state index is 0.111. The van der Waals surface area contributed by atoms with Crippen molar-refractivity contribution in [1.29, 1.82) is 0 Å². The molecule has 7 nitrogen and oxygen atoms in total. The topological polar surface area (TPSA) is 46.6 Å². The molecule has 10 rings (SSSR count). The lowest BCUT2D eigenvalue weighted by molar-refractivity contribution is 0.122. The molecule has 0 radical (unpaired) electrons. The van der Waals surface area contributed by atoms with Crippen molar-refractivity contribution >= 4 is 33.9 Å². The second-order valence-corrected chi connectivity index (χ2v) is 15.6. The smallest absolute Gasteiger partial charge is 0.178 e. The Kier molecular flexibility index (Phi) is 8.84. The van der Waals surface area contributed by atoms with E-state index in [1.165, 1.54) is 55.7 Å². The van der Waals surface area contributed by atoms with E-state index in [9.17, 15) is 0 Å². The van der Waals surface area contributed by atoms with Gasteiger partial charge in [0.2, 0.25) is 0 Å². The minimum Gasteiger partial charge on any atom is -0.472 e. The minimum atomic E-state index is -0.844. The maximum atomic E-state index is 7.83. The Hall–Kier alpha value is -4.82. The number of morpholine rings is 3. The van der Waals surface area contributed by atoms with Crippen LogP contribution in [0.4, 0.5) is 17.1 Å². The van der Waals surface area contributed by atoms with Gasteiger partial charge in [-0.2, -0.15) is 0 Å². The molecule has 55 heavy (non-hydrogen) atoms. The molecule has 0 spiro atoms. The molecule has 4 aliphatic heterocycles. The van der Waals surface area contributed by atoms with Crippen LogP contribution in [-0.4, -0.2) is 78.9 Å². The first kappa shape index (κ1) is 34.7. The van der Waals surface area contributed by atoms with Crippen LogP contribution in [-0.2, 0) is 25.2 Å². The van der Waals surface area contributed by atoms with Crippen molar-refractivity contribution in [3.63, 3.8) is 0 Å². The summed E-state index contributed by atoms with van der Waals surface area (Å²) in [5.41, 5.74) is 11.7. The van der Waals surface area contributed by atoms with Crippen LogP contribution >= 0.6 is 0 Å². The average Bonchev–Trinajstić information content (AvgIpc) is 3.58. The van der Waals surface area contributed by atoms with E-state index in [1.54, 1.807) is 0 Å². The van der Waals surface area contributed by atoms with Crippen molar-refractivity contribution in [3.8, 4) is 16.9 Å². The highest BCUT2D eigenvalue weighted by molar-refractivity contribution is 6.09. The predicted molar refractivity (Wildman–Crippen MR) is 223 cm³/mol. The van der Waals surface area contributed by atoms with Gasteiger partial charge in [-0.05, 0) is 83.0 Å². The number of ether oxygens (including phenoxy) is 4. The maximum absolute atomic E-state index is 7.83. The largest absolute Gasteiger partial charge is 0.472 e. The molecule has 3 saturated heterocycles. The van der Waals surface area contributed by atoms with E-state index in [0.717, 1.165) is 109 Å². The fraction of sp³-hybridized carbons (Fsp3) is 0.375. The zero-order chi connectivity index (χ0) is 37.0. The van der Waals surface area contributed by atoms with Gasteiger partial charge in [0.15, 0.2) is 5.60 Å². The fourth-order valence-corrected chi connectivity index (χ4v) is 10.1. The zero-order valence-corrected chi connectivity index (χ0v) is 32.2. The Labute approximate surface area is 325 Å². The monoisotopic (exact) mass is 733 g/mol. The lowest BCUT2D eigenvalue weighted by Gasteiger charge is -2.40. The summed E-state index contributed by atoms with van der Waals surface area (Å²) in [6, 6.07) is 34.4. The summed E-state index contributed by atoms with van der Waals surface area (Å²) < 4.78 is 25.0. The number of hydrogen-bond donors (Lipinski definition) is 0. The van der Waals surface area contributed by atoms with E-state index < -0.39 is 5.60 Å². The summed E-state index contributed by atoms with van der Waals surface area (Å²) in [4.78, 5) is 7.29. The molecule has 282 valence electrons. The van der Waals surface area contributed by atoms with Crippen molar-refractivity contribution in [1.82, 2.24) is 0 Å². The average molecular weight is 734 g/mol. The molecule has 7 heteroatoms.